The van der Waals surface area contributed by atoms with E-state index in [2.05, 4.69) is 21.5 Å². The van der Waals surface area contributed by atoms with Gasteiger partial charge in [-0.15, -0.1) is 11.3 Å². The summed E-state index contributed by atoms with van der Waals surface area (Å²) in [6.07, 6.45) is 1.39. The van der Waals surface area contributed by atoms with Crippen LogP contribution in [-0.4, -0.2) is 27.5 Å². The third kappa shape index (κ3) is 3.56. The highest BCUT2D eigenvalue weighted by Gasteiger charge is 2.45. The first-order valence-electron chi connectivity index (χ1n) is 8.63. The topological polar surface area (TPSA) is 73.9 Å². The van der Waals surface area contributed by atoms with Crippen molar-refractivity contribution in [1.29, 1.82) is 0 Å². The van der Waals surface area contributed by atoms with E-state index in [0.717, 1.165) is 5.69 Å². The molecular formula is C18H22F2N4OS. The average molecular weight is 380 g/mol. The van der Waals surface area contributed by atoms with Crippen molar-refractivity contribution in [3.8, 4) is 10.8 Å². The zero-order valence-corrected chi connectivity index (χ0v) is 15.7. The van der Waals surface area contributed by atoms with E-state index in [4.69, 9.17) is 10.5 Å². The predicted octanol–water partition coefficient (Wildman–Crippen LogP) is 4.79. The Morgan fingerprint density at radius 1 is 1.38 bits per heavy atom. The summed E-state index contributed by atoms with van der Waals surface area (Å²) >= 11 is 1.38. The van der Waals surface area contributed by atoms with Crippen molar-refractivity contribution < 1.29 is 13.5 Å². The van der Waals surface area contributed by atoms with E-state index in [9.17, 15) is 8.78 Å². The number of halogens is 2. The van der Waals surface area contributed by atoms with Gasteiger partial charge in [-0.3, -0.25) is 0 Å². The van der Waals surface area contributed by atoms with Gasteiger partial charge < -0.3 is 10.5 Å². The first kappa shape index (κ1) is 18.7. The molecule has 1 fully saturated rings. The van der Waals surface area contributed by atoms with Crippen molar-refractivity contribution >= 4 is 22.9 Å². The van der Waals surface area contributed by atoms with Gasteiger partial charge in [0.2, 0.25) is 0 Å². The van der Waals surface area contributed by atoms with Crippen molar-refractivity contribution in [3.05, 3.63) is 28.9 Å². The van der Waals surface area contributed by atoms with Crippen LogP contribution in [0, 0.1) is 6.92 Å². The molecule has 0 aliphatic heterocycles. The second-order valence-electron chi connectivity index (χ2n) is 6.40. The summed E-state index contributed by atoms with van der Waals surface area (Å²) in [7, 11) is 0. The smallest absolute Gasteiger partial charge is 0.255 e. The van der Waals surface area contributed by atoms with Gasteiger partial charge in [-0.1, -0.05) is 13.0 Å². The Bertz CT molecular complexity index is 822. The van der Waals surface area contributed by atoms with Crippen LogP contribution in [0.4, 0.5) is 14.6 Å². The van der Waals surface area contributed by atoms with E-state index >= 15 is 0 Å². The molecule has 2 heterocycles. The zero-order chi connectivity index (χ0) is 18.9. The maximum atomic E-state index is 14.6. The molecule has 1 aliphatic rings. The van der Waals surface area contributed by atoms with Crippen LogP contribution in [0.5, 0.6) is 0 Å². The number of rotatable bonds is 5. The van der Waals surface area contributed by atoms with E-state index in [1.165, 1.54) is 11.3 Å². The fourth-order valence-corrected chi connectivity index (χ4v) is 4.02. The second-order valence-corrected chi connectivity index (χ2v) is 7.26. The van der Waals surface area contributed by atoms with Gasteiger partial charge >= 0.3 is 0 Å². The second kappa shape index (κ2) is 7.26. The molecule has 1 unspecified atom stereocenters. The zero-order valence-electron chi connectivity index (χ0n) is 14.9. The van der Waals surface area contributed by atoms with Crippen LogP contribution in [0.15, 0.2) is 12.0 Å². The molecule has 0 saturated heterocycles. The Hall–Kier alpha value is -2.09. The van der Waals surface area contributed by atoms with E-state index in [0.29, 0.717) is 36.7 Å². The van der Waals surface area contributed by atoms with Crippen molar-refractivity contribution in [3.63, 3.8) is 0 Å². The first-order valence-corrected chi connectivity index (χ1v) is 9.51. The molecule has 0 bridgehead atoms. The Kier molecular flexibility index (Phi) is 5.22. The van der Waals surface area contributed by atoms with E-state index in [1.54, 1.807) is 6.92 Å². The Morgan fingerprint density at radius 3 is 2.77 bits per heavy atom. The van der Waals surface area contributed by atoms with Gasteiger partial charge in [0.25, 0.3) is 5.92 Å². The molecule has 2 aromatic heterocycles. The van der Waals surface area contributed by atoms with Gasteiger partial charge in [-0.2, -0.15) is 0 Å². The summed E-state index contributed by atoms with van der Waals surface area (Å²) in [5, 5.41) is 2.46. The van der Waals surface area contributed by atoms with Crippen LogP contribution in [0.2, 0.25) is 0 Å². The fourth-order valence-electron chi connectivity index (χ4n) is 3.29. The minimum absolute atomic E-state index is 0.0466. The lowest BCUT2D eigenvalue weighted by molar-refractivity contribution is -0.0548. The number of aromatic nitrogens is 3. The van der Waals surface area contributed by atoms with Crippen molar-refractivity contribution in [1.82, 2.24) is 15.0 Å². The van der Waals surface area contributed by atoms with Gasteiger partial charge in [0.15, 0.2) is 10.8 Å². The average Bonchev–Trinajstić information content (AvgIpc) is 3.01. The Labute approximate surface area is 155 Å². The van der Waals surface area contributed by atoms with E-state index in [1.807, 2.05) is 12.3 Å². The van der Waals surface area contributed by atoms with Crippen molar-refractivity contribution in [2.75, 3.05) is 12.3 Å². The van der Waals surface area contributed by atoms with E-state index < -0.39 is 11.8 Å². The SMILES string of the molecule is C=C(OCC)c1nc(-c2nc(C)cs2)nc(N)c1C1CCCCC1(F)F. The number of hydrogen-bond acceptors (Lipinski definition) is 6. The molecule has 1 atom stereocenters. The number of nitrogens with zero attached hydrogens (tertiary/aromatic N) is 3. The van der Waals surface area contributed by atoms with Gasteiger partial charge in [-0.05, 0) is 26.7 Å². The number of anilines is 1. The standard InChI is InChI=1S/C18H22F2N4OS/c1-4-25-11(3)14-13(12-7-5-6-8-18(12,19)20)15(21)24-16(23-14)17-22-10(2)9-26-17/h9,12H,3-8H2,1-2H3,(H2,21,23,24). The molecule has 0 amide bonds. The third-order valence-electron chi connectivity index (χ3n) is 4.48. The maximum Gasteiger partial charge on any atom is 0.255 e. The van der Waals surface area contributed by atoms with Crippen LogP contribution in [0.3, 0.4) is 0 Å². The quantitative estimate of drug-likeness (QED) is 0.755. The monoisotopic (exact) mass is 380 g/mol. The maximum absolute atomic E-state index is 14.6. The number of nitrogens with two attached hydrogens (primary N) is 1. The number of aryl methyl sites for hydroxylation is 1. The van der Waals surface area contributed by atoms with Crippen LogP contribution >= 0.6 is 11.3 Å². The molecule has 0 radical (unpaired) electrons. The summed E-state index contributed by atoms with van der Waals surface area (Å²) in [6.45, 7) is 7.89. The summed E-state index contributed by atoms with van der Waals surface area (Å²) in [6, 6.07) is 0. The normalized spacial score (nSPS) is 19.3. The number of nitrogen functional groups attached to an aromatic ring is 1. The molecule has 1 saturated carbocycles. The molecule has 5 nitrogen and oxygen atoms in total. The van der Waals surface area contributed by atoms with Crippen LogP contribution in [0.25, 0.3) is 16.6 Å². The molecule has 0 spiro atoms. The van der Waals surface area contributed by atoms with Gasteiger partial charge in [0, 0.05) is 23.1 Å². The third-order valence-corrected chi connectivity index (χ3v) is 5.44. The molecule has 2 aromatic rings. The van der Waals surface area contributed by atoms with Crippen LogP contribution < -0.4 is 5.73 Å². The molecule has 0 aromatic carbocycles. The molecule has 8 heteroatoms. The van der Waals surface area contributed by atoms with Crippen molar-refractivity contribution in [2.24, 2.45) is 0 Å². The summed E-state index contributed by atoms with van der Waals surface area (Å²) < 4.78 is 34.7. The number of thiazole rings is 1. The summed E-state index contributed by atoms with van der Waals surface area (Å²) in [4.78, 5) is 13.1. The number of alkyl halides is 2. The number of hydrogen-bond donors (Lipinski definition) is 1. The predicted molar refractivity (Wildman–Crippen MR) is 99.1 cm³/mol. The lowest BCUT2D eigenvalue weighted by atomic mass is 9.80. The lowest BCUT2D eigenvalue weighted by Crippen LogP contribution is -2.32. The highest BCUT2D eigenvalue weighted by molar-refractivity contribution is 7.13. The fraction of sp³-hybridized carbons (Fsp3) is 0.500. The largest absolute Gasteiger partial charge is 0.492 e. The van der Waals surface area contributed by atoms with Gasteiger partial charge in [0.05, 0.1) is 12.5 Å². The van der Waals surface area contributed by atoms with Crippen LogP contribution in [-0.2, 0) is 4.74 Å². The molecule has 1 aliphatic carbocycles. The van der Waals surface area contributed by atoms with Crippen molar-refractivity contribution in [2.45, 2.75) is 51.4 Å². The highest BCUT2D eigenvalue weighted by atomic mass is 32.1. The minimum Gasteiger partial charge on any atom is -0.492 e. The highest BCUT2D eigenvalue weighted by Crippen LogP contribution is 2.48. The first-order chi connectivity index (χ1) is 12.3. The van der Waals surface area contributed by atoms with Crippen LogP contribution in [0.1, 0.15) is 55.5 Å². The van der Waals surface area contributed by atoms with Gasteiger partial charge in [0.1, 0.15) is 17.3 Å². The Morgan fingerprint density at radius 2 is 2.15 bits per heavy atom. The summed E-state index contributed by atoms with van der Waals surface area (Å²) in [5.74, 6) is -3.30. The molecule has 26 heavy (non-hydrogen) atoms. The Balaban J connectivity index is 2.15. The lowest BCUT2D eigenvalue weighted by Gasteiger charge is -2.33. The molecule has 140 valence electrons. The summed E-state index contributed by atoms with van der Waals surface area (Å²) in [5.41, 5.74) is 7.48. The van der Waals surface area contributed by atoms with Gasteiger partial charge in [-0.25, -0.2) is 23.7 Å². The molecular weight excluding hydrogens is 358 g/mol. The van der Waals surface area contributed by atoms with E-state index in [-0.39, 0.29) is 29.3 Å². The minimum atomic E-state index is -2.85. The molecule has 2 N–H and O–H groups in total. The number of ether oxygens (including phenoxy) is 1. The molecule has 3 rings (SSSR count).